The third-order valence-electron chi connectivity index (χ3n) is 6.03. The van der Waals surface area contributed by atoms with Gasteiger partial charge in [0.05, 0.1) is 6.04 Å². The van der Waals surface area contributed by atoms with Crippen LogP contribution in [-0.2, 0) is 6.61 Å². The van der Waals surface area contributed by atoms with Crippen LogP contribution in [0, 0.1) is 0 Å². The number of carbonyl (C=O) groups excluding carboxylic acids is 1. The number of fused-ring (bicyclic) bond motifs is 1. The van der Waals surface area contributed by atoms with Crippen LogP contribution in [0.25, 0.3) is 0 Å². The first-order chi connectivity index (χ1) is 16.1. The molecule has 1 aromatic heterocycles. The number of allylic oxidation sites excluding steroid dienone is 1. The molecule has 0 saturated carbocycles. The molecule has 2 aromatic carbocycles. The van der Waals surface area contributed by atoms with E-state index in [9.17, 15) is 9.59 Å². The predicted molar refractivity (Wildman–Crippen MR) is 131 cm³/mol. The molecule has 1 aliphatic heterocycles. The highest BCUT2D eigenvalue weighted by molar-refractivity contribution is 5.96. The Labute approximate surface area is 194 Å². The normalized spacial score (nSPS) is 16.1. The fourth-order valence-corrected chi connectivity index (χ4v) is 4.46. The first-order valence-corrected chi connectivity index (χ1v) is 11.1. The lowest BCUT2D eigenvalue weighted by Crippen LogP contribution is -2.46. The molecule has 1 aliphatic rings. The van der Waals surface area contributed by atoms with Crippen molar-refractivity contribution in [3.63, 3.8) is 0 Å². The van der Waals surface area contributed by atoms with Crippen LogP contribution >= 0.6 is 0 Å². The van der Waals surface area contributed by atoms with E-state index in [1.165, 1.54) is 6.07 Å². The lowest BCUT2D eigenvalue weighted by Gasteiger charge is -2.40. The summed E-state index contributed by atoms with van der Waals surface area (Å²) in [4.78, 5) is 28.1. The number of benzene rings is 2. The van der Waals surface area contributed by atoms with E-state index >= 15 is 0 Å². The summed E-state index contributed by atoms with van der Waals surface area (Å²) in [6, 6.07) is 21.2. The minimum absolute atomic E-state index is 0.0762. The number of carbonyl (C=O) groups is 1. The molecule has 0 spiro atoms. The van der Waals surface area contributed by atoms with Crippen LogP contribution in [0.15, 0.2) is 103 Å². The summed E-state index contributed by atoms with van der Waals surface area (Å²) in [6.07, 6.45) is 6.07. The van der Waals surface area contributed by atoms with Gasteiger partial charge in [0.15, 0.2) is 11.4 Å². The van der Waals surface area contributed by atoms with Gasteiger partial charge < -0.3 is 14.2 Å². The molecule has 5 heteroatoms. The molecule has 33 heavy (non-hydrogen) atoms. The van der Waals surface area contributed by atoms with Crippen LogP contribution < -0.4 is 10.2 Å². The first-order valence-electron chi connectivity index (χ1n) is 11.1. The molecule has 2 heterocycles. The summed E-state index contributed by atoms with van der Waals surface area (Å²) in [5, 5.41) is 0. The van der Waals surface area contributed by atoms with Gasteiger partial charge >= 0.3 is 0 Å². The Balaban J connectivity index is 1.81. The summed E-state index contributed by atoms with van der Waals surface area (Å²) < 4.78 is 7.91. The Bertz CT molecular complexity index is 1180. The Hall–Kier alpha value is -3.86. The molecule has 5 nitrogen and oxygen atoms in total. The van der Waals surface area contributed by atoms with Crippen LogP contribution in [0.2, 0.25) is 0 Å². The molecule has 2 unspecified atom stereocenters. The molecule has 0 saturated heterocycles. The van der Waals surface area contributed by atoms with Crippen molar-refractivity contribution in [2.45, 2.75) is 25.0 Å². The van der Waals surface area contributed by atoms with Gasteiger partial charge in [0.2, 0.25) is 5.43 Å². The van der Waals surface area contributed by atoms with Gasteiger partial charge in [-0.05, 0) is 17.5 Å². The second-order valence-electron chi connectivity index (χ2n) is 8.15. The van der Waals surface area contributed by atoms with Crippen molar-refractivity contribution < 1.29 is 9.53 Å². The van der Waals surface area contributed by atoms with E-state index in [0.717, 1.165) is 17.5 Å². The number of rotatable bonds is 9. The van der Waals surface area contributed by atoms with Crippen molar-refractivity contribution in [2.75, 3.05) is 13.1 Å². The SMILES string of the molecule is C=CCC(c1ccccc1)C1CN(CC=C)C(=O)c2c(OCc3ccccc3)c(=O)ccn21. The average Bonchev–Trinajstić information content (AvgIpc) is 2.85. The number of aromatic nitrogens is 1. The fraction of sp³-hybridized carbons (Fsp3) is 0.214. The van der Waals surface area contributed by atoms with Gasteiger partial charge in [-0.15, -0.1) is 13.2 Å². The molecule has 0 N–H and O–H groups in total. The Morgan fingerprint density at radius 1 is 0.970 bits per heavy atom. The Morgan fingerprint density at radius 3 is 2.33 bits per heavy atom. The van der Waals surface area contributed by atoms with E-state index in [-0.39, 0.29) is 35.7 Å². The maximum atomic E-state index is 13.5. The molecule has 0 bridgehead atoms. The Kier molecular flexibility index (Phi) is 6.89. The third-order valence-corrected chi connectivity index (χ3v) is 6.03. The summed E-state index contributed by atoms with van der Waals surface area (Å²) in [7, 11) is 0. The molecular weight excluding hydrogens is 412 g/mol. The largest absolute Gasteiger partial charge is 0.483 e. The number of pyridine rings is 1. The summed E-state index contributed by atoms with van der Waals surface area (Å²) in [6.45, 7) is 8.89. The van der Waals surface area contributed by atoms with Crippen LogP contribution in [-0.4, -0.2) is 28.5 Å². The maximum Gasteiger partial charge on any atom is 0.274 e. The van der Waals surface area contributed by atoms with E-state index in [4.69, 9.17) is 4.74 Å². The molecular formula is C28H28N2O3. The van der Waals surface area contributed by atoms with Crippen LogP contribution in [0.5, 0.6) is 5.75 Å². The third kappa shape index (κ3) is 4.67. The molecule has 2 atom stereocenters. The monoisotopic (exact) mass is 440 g/mol. The second kappa shape index (κ2) is 10.2. The van der Waals surface area contributed by atoms with Crippen LogP contribution in [0.4, 0.5) is 0 Å². The molecule has 168 valence electrons. The maximum absolute atomic E-state index is 13.5. The first kappa shape index (κ1) is 22.3. The number of hydrogen-bond acceptors (Lipinski definition) is 3. The molecule has 0 radical (unpaired) electrons. The van der Waals surface area contributed by atoms with E-state index in [0.29, 0.717) is 18.8 Å². The van der Waals surface area contributed by atoms with Crippen molar-refractivity contribution in [1.82, 2.24) is 9.47 Å². The van der Waals surface area contributed by atoms with Crippen molar-refractivity contribution in [3.8, 4) is 5.75 Å². The molecule has 0 fully saturated rings. The highest BCUT2D eigenvalue weighted by Gasteiger charge is 2.37. The van der Waals surface area contributed by atoms with Crippen molar-refractivity contribution >= 4 is 5.91 Å². The van der Waals surface area contributed by atoms with Gasteiger partial charge in [-0.3, -0.25) is 9.59 Å². The smallest absolute Gasteiger partial charge is 0.274 e. The van der Waals surface area contributed by atoms with Gasteiger partial charge in [-0.1, -0.05) is 72.8 Å². The standard InChI is InChI=1S/C28H28N2O3/c1-3-11-23(22-14-9-6-10-15-22)24-19-29(17-4-2)28(32)26-27(25(31)16-18-30(24)26)33-20-21-12-7-5-8-13-21/h3-10,12-16,18,23-24H,1-2,11,17,19-20H2. The summed E-state index contributed by atoms with van der Waals surface area (Å²) in [5.41, 5.74) is 2.08. The minimum Gasteiger partial charge on any atom is -0.483 e. The predicted octanol–water partition coefficient (Wildman–Crippen LogP) is 4.97. The fourth-order valence-electron chi connectivity index (χ4n) is 4.46. The molecule has 1 amide bonds. The average molecular weight is 441 g/mol. The van der Waals surface area contributed by atoms with Crippen molar-refractivity contribution in [2.24, 2.45) is 0 Å². The second-order valence-corrected chi connectivity index (χ2v) is 8.15. The highest BCUT2D eigenvalue weighted by atomic mass is 16.5. The highest BCUT2D eigenvalue weighted by Crippen LogP contribution is 2.38. The van der Waals surface area contributed by atoms with Gasteiger partial charge in [-0.2, -0.15) is 0 Å². The minimum atomic E-state index is -0.301. The van der Waals surface area contributed by atoms with E-state index in [2.05, 4.69) is 25.3 Å². The van der Waals surface area contributed by atoms with E-state index in [1.54, 1.807) is 17.2 Å². The molecule has 3 aromatic rings. The quantitative estimate of drug-likeness (QED) is 0.442. The van der Waals surface area contributed by atoms with Crippen molar-refractivity contribution in [3.05, 3.63) is 125 Å². The van der Waals surface area contributed by atoms with E-state index < -0.39 is 0 Å². The zero-order chi connectivity index (χ0) is 23.2. The Morgan fingerprint density at radius 2 is 1.67 bits per heavy atom. The zero-order valence-corrected chi connectivity index (χ0v) is 18.6. The number of hydrogen-bond donors (Lipinski definition) is 0. The summed E-state index contributed by atoms with van der Waals surface area (Å²) in [5.74, 6) is -0.0554. The number of ether oxygens (including phenoxy) is 1. The van der Waals surface area contributed by atoms with Crippen molar-refractivity contribution in [1.29, 1.82) is 0 Å². The topological polar surface area (TPSA) is 51.5 Å². The zero-order valence-electron chi connectivity index (χ0n) is 18.6. The number of nitrogens with zero attached hydrogens (tertiary/aromatic N) is 2. The lowest BCUT2D eigenvalue weighted by atomic mass is 9.86. The van der Waals surface area contributed by atoms with Crippen LogP contribution in [0.1, 0.15) is 40.0 Å². The number of amides is 1. The molecule has 0 aliphatic carbocycles. The van der Waals surface area contributed by atoms with Gasteiger partial charge in [0.25, 0.3) is 5.91 Å². The van der Waals surface area contributed by atoms with Crippen LogP contribution in [0.3, 0.4) is 0 Å². The van der Waals surface area contributed by atoms with Gasteiger partial charge in [0, 0.05) is 31.3 Å². The summed E-state index contributed by atoms with van der Waals surface area (Å²) >= 11 is 0. The van der Waals surface area contributed by atoms with Gasteiger partial charge in [-0.25, -0.2) is 0 Å². The van der Waals surface area contributed by atoms with Gasteiger partial charge in [0.1, 0.15) is 6.61 Å². The van der Waals surface area contributed by atoms with E-state index in [1.807, 2.05) is 59.2 Å². The molecule has 4 rings (SSSR count). The lowest BCUT2D eigenvalue weighted by molar-refractivity contribution is 0.0664.